The predicted molar refractivity (Wildman–Crippen MR) is 118 cm³/mol. The number of aliphatic hydroxyl groups excluding tert-OH is 2. The monoisotopic (exact) mass is 557 g/mol. The summed E-state index contributed by atoms with van der Waals surface area (Å²) < 4.78 is 8.26. The van der Waals surface area contributed by atoms with Crippen molar-refractivity contribution in [1.82, 2.24) is 24.4 Å². The van der Waals surface area contributed by atoms with Gasteiger partial charge in [0, 0.05) is 24.1 Å². The molecule has 7 N–H and O–H groups in total. The highest BCUT2D eigenvalue weighted by Crippen LogP contribution is 2.32. The maximum atomic E-state index is 10.9. The number of hydrogen-bond donors (Lipinski definition) is 5. The zero-order chi connectivity index (χ0) is 21.1. The van der Waals surface area contributed by atoms with Crippen molar-refractivity contribution in [3.63, 3.8) is 0 Å². The molecule has 2 aromatic rings. The van der Waals surface area contributed by atoms with Gasteiger partial charge < -0.3 is 31.5 Å². The highest BCUT2D eigenvalue weighted by Gasteiger charge is 2.44. The number of nitrogen functional groups attached to an aromatic ring is 1. The minimum Gasteiger partial charge on any atom is -0.480 e. The normalized spacial score (nSPS) is 24.8. The fourth-order valence-corrected chi connectivity index (χ4v) is 3.96. The molecule has 3 heterocycles. The fourth-order valence-electron chi connectivity index (χ4n) is 3.28. The van der Waals surface area contributed by atoms with Crippen LogP contribution in [0.25, 0.3) is 11.2 Å². The average molecular weight is 558 g/mol. The molecule has 14 heteroatoms. The lowest BCUT2D eigenvalue weighted by Crippen LogP contribution is -2.43. The van der Waals surface area contributed by atoms with Crippen molar-refractivity contribution in [1.29, 1.82) is 0 Å². The van der Waals surface area contributed by atoms with Crippen molar-refractivity contribution >= 4 is 57.9 Å². The molecule has 5 unspecified atom stereocenters. The van der Waals surface area contributed by atoms with Gasteiger partial charge in [0.05, 0.1) is 6.33 Å². The first-order chi connectivity index (χ1) is 13.8. The van der Waals surface area contributed by atoms with E-state index in [0.29, 0.717) is 30.8 Å². The molecule has 5 atom stereocenters. The SMILES string of the molecule is Cl.Nc1ncnc2c1ncn2C1OC(CN(CCI)CCC(N)C(=O)O)C(O)C1O. The summed E-state index contributed by atoms with van der Waals surface area (Å²) >= 11 is 2.21. The van der Waals surface area contributed by atoms with Crippen LogP contribution in [0.15, 0.2) is 12.7 Å². The quantitative estimate of drug-likeness (QED) is 0.188. The lowest BCUT2D eigenvalue weighted by Gasteiger charge is -2.26. The Morgan fingerprint density at radius 2 is 2.03 bits per heavy atom. The molecule has 0 bridgehead atoms. The number of fused-ring (bicyclic) bond motifs is 1. The molecule has 30 heavy (non-hydrogen) atoms. The molecular weight excluding hydrogens is 533 g/mol. The van der Waals surface area contributed by atoms with E-state index in [2.05, 4.69) is 37.5 Å². The Morgan fingerprint density at radius 1 is 1.30 bits per heavy atom. The molecule has 0 radical (unpaired) electrons. The number of nitrogens with two attached hydrogens (primary N) is 2. The minimum atomic E-state index is -1.20. The number of aromatic nitrogens is 4. The maximum absolute atomic E-state index is 10.9. The Morgan fingerprint density at radius 3 is 2.70 bits per heavy atom. The van der Waals surface area contributed by atoms with Crippen LogP contribution in [0, 0.1) is 0 Å². The second-order valence-electron chi connectivity index (χ2n) is 6.85. The zero-order valence-electron chi connectivity index (χ0n) is 15.9. The number of ether oxygens (including phenoxy) is 1. The Balaban J connectivity index is 0.00000320. The lowest BCUT2D eigenvalue weighted by molar-refractivity contribution is -0.138. The van der Waals surface area contributed by atoms with E-state index in [4.69, 9.17) is 21.3 Å². The molecule has 0 spiro atoms. The second-order valence-corrected chi connectivity index (χ2v) is 7.93. The van der Waals surface area contributed by atoms with Crippen LogP contribution >= 0.6 is 35.0 Å². The van der Waals surface area contributed by atoms with Crippen molar-refractivity contribution in [2.24, 2.45) is 5.73 Å². The van der Waals surface area contributed by atoms with Gasteiger partial charge in [-0.05, 0) is 6.42 Å². The van der Waals surface area contributed by atoms with Crippen LogP contribution in [0.3, 0.4) is 0 Å². The van der Waals surface area contributed by atoms with E-state index >= 15 is 0 Å². The fraction of sp³-hybridized carbons (Fsp3) is 0.625. The molecule has 0 saturated carbocycles. The number of halogens is 2. The number of alkyl halides is 1. The number of aliphatic hydroxyl groups is 2. The van der Waals surface area contributed by atoms with Crippen LogP contribution < -0.4 is 11.5 Å². The van der Waals surface area contributed by atoms with Gasteiger partial charge in [0.1, 0.15) is 36.2 Å². The van der Waals surface area contributed by atoms with E-state index < -0.39 is 36.6 Å². The summed E-state index contributed by atoms with van der Waals surface area (Å²) in [5, 5.41) is 30.0. The summed E-state index contributed by atoms with van der Waals surface area (Å²) in [5.74, 6) is -0.846. The van der Waals surface area contributed by atoms with Crippen molar-refractivity contribution < 1.29 is 24.9 Å². The van der Waals surface area contributed by atoms with Crippen LogP contribution in [-0.4, -0.2) is 94.1 Å². The summed E-state index contributed by atoms with van der Waals surface area (Å²) in [6, 6.07) is -0.957. The van der Waals surface area contributed by atoms with Crippen molar-refractivity contribution in [3.05, 3.63) is 12.7 Å². The average Bonchev–Trinajstić information content (AvgIpc) is 3.23. The maximum Gasteiger partial charge on any atom is 0.320 e. The van der Waals surface area contributed by atoms with Gasteiger partial charge in [-0.15, -0.1) is 12.4 Å². The third-order valence-electron chi connectivity index (χ3n) is 4.91. The van der Waals surface area contributed by atoms with Crippen LogP contribution in [0.2, 0.25) is 0 Å². The van der Waals surface area contributed by atoms with Crippen LogP contribution in [0.1, 0.15) is 12.6 Å². The largest absolute Gasteiger partial charge is 0.480 e. The summed E-state index contributed by atoms with van der Waals surface area (Å²) in [6.45, 7) is 1.41. The number of aliphatic carboxylic acids is 1. The van der Waals surface area contributed by atoms with Gasteiger partial charge in [-0.3, -0.25) is 14.3 Å². The Kier molecular flexibility index (Phi) is 8.96. The molecule has 1 saturated heterocycles. The van der Waals surface area contributed by atoms with Crippen molar-refractivity contribution in [2.75, 3.05) is 29.8 Å². The number of carboxylic acid groups (broad SMARTS) is 1. The molecule has 2 aromatic heterocycles. The number of hydrogen-bond acceptors (Lipinski definition) is 10. The van der Waals surface area contributed by atoms with Gasteiger partial charge in [0.15, 0.2) is 17.7 Å². The van der Waals surface area contributed by atoms with Gasteiger partial charge in [-0.1, -0.05) is 22.6 Å². The number of imidazole rings is 1. The van der Waals surface area contributed by atoms with E-state index in [1.807, 2.05) is 4.90 Å². The van der Waals surface area contributed by atoms with E-state index in [1.165, 1.54) is 17.2 Å². The number of anilines is 1. The molecule has 12 nitrogen and oxygen atoms in total. The van der Waals surface area contributed by atoms with Crippen molar-refractivity contribution in [2.45, 2.75) is 37.0 Å². The summed E-state index contributed by atoms with van der Waals surface area (Å²) in [5.41, 5.74) is 12.2. The van der Waals surface area contributed by atoms with Gasteiger partial charge in [-0.25, -0.2) is 15.0 Å². The molecule has 1 aliphatic rings. The van der Waals surface area contributed by atoms with Crippen LogP contribution in [0.4, 0.5) is 5.82 Å². The zero-order valence-corrected chi connectivity index (χ0v) is 18.9. The lowest BCUT2D eigenvalue weighted by atomic mass is 10.1. The van der Waals surface area contributed by atoms with Gasteiger partial charge in [0.25, 0.3) is 0 Å². The van der Waals surface area contributed by atoms with E-state index in [-0.39, 0.29) is 24.6 Å². The molecule has 3 rings (SSSR count). The topological polar surface area (TPSA) is 186 Å². The van der Waals surface area contributed by atoms with Gasteiger partial charge >= 0.3 is 5.97 Å². The summed E-state index contributed by atoms with van der Waals surface area (Å²) in [7, 11) is 0. The van der Waals surface area contributed by atoms with Gasteiger partial charge in [0.2, 0.25) is 0 Å². The molecular formula is C16H25ClIN7O5. The second kappa shape index (κ2) is 10.8. The minimum absolute atomic E-state index is 0. The predicted octanol–water partition coefficient (Wildman–Crippen LogP) is -1.01. The molecule has 0 aromatic carbocycles. The first-order valence-electron chi connectivity index (χ1n) is 9.04. The van der Waals surface area contributed by atoms with Crippen molar-refractivity contribution in [3.8, 4) is 0 Å². The Hall–Kier alpha value is -1.36. The number of nitrogens with zero attached hydrogens (tertiary/aromatic N) is 5. The standard InChI is InChI=1S/C16H24IN7O5.ClH/c17-2-4-23(3-1-8(18)16(27)28)5-9-11(25)12(26)15(29-9)24-7-22-10-13(19)20-6-21-14(10)24;/h6-9,11-12,15,25-26H,1-5,18H2,(H,27,28)(H2,19,20,21);1H. The smallest absolute Gasteiger partial charge is 0.320 e. The number of carboxylic acids is 1. The third kappa shape index (κ3) is 5.27. The molecule has 1 fully saturated rings. The summed E-state index contributed by atoms with van der Waals surface area (Å²) in [4.78, 5) is 25.1. The number of rotatable bonds is 9. The first kappa shape index (κ1) is 24.9. The van der Waals surface area contributed by atoms with Gasteiger partial charge in [-0.2, -0.15) is 0 Å². The summed E-state index contributed by atoms with van der Waals surface area (Å²) in [6.07, 6.45) is -0.916. The molecule has 1 aliphatic heterocycles. The molecule has 0 aliphatic carbocycles. The molecule has 168 valence electrons. The Bertz CT molecular complexity index is 858. The first-order valence-corrected chi connectivity index (χ1v) is 10.6. The Labute approximate surface area is 192 Å². The highest BCUT2D eigenvalue weighted by molar-refractivity contribution is 14.1. The number of carbonyl (C=O) groups is 1. The third-order valence-corrected chi connectivity index (χ3v) is 5.39. The van der Waals surface area contributed by atoms with E-state index in [9.17, 15) is 15.0 Å². The van der Waals surface area contributed by atoms with E-state index in [0.717, 1.165) is 4.43 Å². The van der Waals surface area contributed by atoms with Crippen LogP contribution in [0.5, 0.6) is 0 Å². The highest BCUT2D eigenvalue weighted by atomic mass is 127. The van der Waals surface area contributed by atoms with Crippen LogP contribution in [-0.2, 0) is 9.53 Å². The molecule has 0 amide bonds. The van der Waals surface area contributed by atoms with E-state index in [1.54, 1.807) is 0 Å².